The monoisotopic (exact) mass is 369 g/mol. The lowest BCUT2D eigenvalue weighted by atomic mass is 9.96. The van der Waals surface area contributed by atoms with Crippen molar-refractivity contribution in [3.05, 3.63) is 69.1 Å². The zero-order chi connectivity index (χ0) is 19.4. The molecule has 7 nitrogen and oxygen atoms in total. The Hall–Kier alpha value is -2.93. The van der Waals surface area contributed by atoms with Crippen molar-refractivity contribution in [2.75, 3.05) is 20.3 Å². The van der Waals surface area contributed by atoms with E-state index in [9.17, 15) is 14.4 Å². The van der Waals surface area contributed by atoms with E-state index in [0.717, 1.165) is 11.1 Å². The van der Waals surface area contributed by atoms with Gasteiger partial charge in [0.05, 0.1) is 0 Å². The van der Waals surface area contributed by atoms with E-state index in [2.05, 4.69) is 0 Å². The number of amides is 2. The van der Waals surface area contributed by atoms with Gasteiger partial charge in [0.2, 0.25) is 5.91 Å². The minimum atomic E-state index is -0.720. The lowest BCUT2D eigenvalue weighted by Gasteiger charge is -2.30. The topological polar surface area (TPSA) is 94.6 Å². The standard InChI is InChI=1S/C20H23N3O4/c1-27-13-17(24)22-10-8-16-15(11-22)12-23(20(26)18(16)19(21)25)9-7-14-5-3-2-4-6-14/h2-6,12H,7-11,13H2,1H3,(H2,21,25). The Morgan fingerprint density at radius 3 is 2.63 bits per heavy atom. The number of fused-ring (bicyclic) bond motifs is 1. The molecule has 0 saturated heterocycles. The van der Waals surface area contributed by atoms with Crippen LogP contribution in [0.5, 0.6) is 0 Å². The molecule has 2 aromatic rings. The predicted molar refractivity (Wildman–Crippen MR) is 100 cm³/mol. The Morgan fingerprint density at radius 2 is 1.96 bits per heavy atom. The summed E-state index contributed by atoms with van der Waals surface area (Å²) in [6.07, 6.45) is 2.83. The Kier molecular flexibility index (Phi) is 5.71. The first-order chi connectivity index (χ1) is 13.0. The van der Waals surface area contributed by atoms with Gasteiger partial charge in [0.1, 0.15) is 12.2 Å². The van der Waals surface area contributed by atoms with Gasteiger partial charge in [0.25, 0.3) is 11.5 Å². The van der Waals surface area contributed by atoms with Gasteiger partial charge in [-0.2, -0.15) is 0 Å². The molecule has 2 N–H and O–H groups in total. The molecular formula is C20H23N3O4. The molecule has 0 radical (unpaired) electrons. The van der Waals surface area contributed by atoms with Crippen molar-refractivity contribution >= 4 is 11.8 Å². The molecule has 0 atom stereocenters. The van der Waals surface area contributed by atoms with Crippen molar-refractivity contribution in [3.8, 4) is 0 Å². The fraction of sp³-hybridized carbons (Fsp3) is 0.350. The van der Waals surface area contributed by atoms with Gasteiger partial charge in [-0.3, -0.25) is 14.4 Å². The summed E-state index contributed by atoms with van der Waals surface area (Å²) < 4.78 is 6.44. The highest BCUT2D eigenvalue weighted by Gasteiger charge is 2.27. The van der Waals surface area contributed by atoms with Gasteiger partial charge in [-0.15, -0.1) is 0 Å². The second kappa shape index (κ2) is 8.18. The molecule has 0 saturated carbocycles. The van der Waals surface area contributed by atoms with Crippen molar-refractivity contribution in [3.63, 3.8) is 0 Å². The van der Waals surface area contributed by atoms with Crippen LogP contribution < -0.4 is 11.3 Å². The van der Waals surface area contributed by atoms with Crippen molar-refractivity contribution in [2.24, 2.45) is 5.73 Å². The summed E-state index contributed by atoms with van der Waals surface area (Å²) in [5, 5.41) is 0. The molecule has 0 aliphatic carbocycles. The molecule has 3 rings (SSSR count). The van der Waals surface area contributed by atoms with Crippen molar-refractivity contribution in [2.45, 2.75) is 25.9 Å². The summed E-state index contributed by atoms with van der Waals surface area (Å²) in [4.78, 5) is 38.5. The summed E-state index contributed by atoms with van der Waals surface area (Å²) in [6, 6.07) is 9.80. The number of benzene rings is 1. The maximum absolute atomic E-state index is 12.8. The van der Waals surface area contributed by atoms with E-state index in [-0.39, 0.29) is 23.6 Å². The number of nitrogens with two attached hydrogens (primary N) is 1. The number of hydrogen-bond acceptors (Lipinski definition) is 4. The maximum Gasteiger partial charge on any atom is 0.263 e. The molecular weight excluding hydrogens is 346 g/mol. The quantitative estimate of drug-likeness (QED) is 0.812. The summed E-state index contributed by atoms with van der Waals surface area (Å²) in [6.45, 7) is 1.21. The largest absolute Gasteiger partial charge is 0.375 e. The molecule has 0 spiro atoms. The van der Waals surface area contributed by atoms with Crippen LogP contribution in [0.2, 0.25) is 0 Å². The molecule has 7 heteroatoms. The number of nitrogens with zero attached hydrogens (tertiary/aromatic N) is 2. The zero-order valence-electron chi connectivity index (χ0n) is 15.3. The molecule has 1 aromatic carbocycles. The fourth-order valence-electron chi connectivity index (χ4n) is 3.45. The number of hydrogen-bond donors (Lipinski definition) is 1. The number of ether oxygens (including phenoxy) is 1. The molecule has 0 unspecified atom stereocenters. The second-order valence-electron chi connectivity index (χ2n) is 6.60. The van der Waals surface area contributed by atoms with Crippen LogP contribution in [0.1, 0.15) is 27.0 Å². The molecule has 0 fully saturated rings. The third-order valence-corrected chi connectivity index (χ3v) is 4.82. The molecule has 1 aliphatic rings. The van der Waals surface area contributed by atoms with Crippen molar-refractivity contribution in [1.82, 2.24) is 9.47 Å². The Morgan fingerprint density at radius 1 is 1.22 bits per heavy atom. The van der Waals surface area contributed by atoms with E-state index >= 15 is 0 Å². The molecule has 2 heterocycles. The van der Waals surface area contributed by atoms with Crippen LogP contribution in [-0.4, -0.2) is 41.5 Å². The van der Waals surface area contributed by atoms with Crippen LogP contribution in [0.25, 0.3) is 0 Å². The van der Waals surface area contributed by atoms with E-state index in [4.69, 9.17) is 10.5 Å². The normalized spacial score (nSPS) is 13.3. The maximum atomic E-state index is 12.8. The number of rotatable bonds is 6. The van der Waals surface area contributed by atoms with Crippen LogP contribution in [0, 0.1) is 0 Å². The van der Waals surface area contributed by atoms with Gasteiger partial charge >= 0.3 is 0 Å². The Bertz CT molecular complexity index is 905. The number of methoxy groups -OCH3 is 1. The highest BCUT2D eigenvalue weighted by Crippen LogP contribution is 2.21. The minimum Gasteiger partial charge on any atom is -0.375 e. The molecule has 1 aromatic heterocycles. The lowest BCUT2D eigenvalue weighted by molar-refractivity contribution is -0.136. The minimum absolute atomic E-state index is 0.00561. The van der Waals surface area contributed by atoms with Gasteiger partial charge in [0.15, 0.2) is 0 Å². The van der Waals surface area contributed by atoms with Crippen molar-refractivity contribution in [1.29, 1.82) is 0 Å². The number of pyridine rings is 1. The third kappa shape index (κ3) is 4.09. The third-order valence-electron chi connectivity index (χ3n) is 4.82. The predicted octanol–water partition coefficient (Wildman–Crippen LogP) is 0.721. The van der Waals surface area contributed by atoms with E-state index in [1.165, 1.54) is 11.7 Å². The highest BCUT2D eigenvalue weighted by atomic mass is 16.5. The Balaban J connectivity index is 1.92. The molecule has 27 heavy (non-hydrogen) atoms. The van der Waals surface area contributed by atoms with Crippen LogP contribution in [0.15, 0.2) is 41.3 Å². The molecule has 2 amide bonds. The van der Waals surface area contributed by atoms with Crippen LogP contribution in [0.4, 0.5) is 0 Å². The number of aryl methyl sites for hydroxylation is 2. The average molecular weight is 369 g/mol. The first-order valence-electron chi connectivity index (χ1n) is 8.87. The number of aromatic nitrogens is 1. The van der Waals surface area contributed by atoms with E-state index in [0.29, 0.717) is 38.0 Å². The number of primary amides is 1. The lowest BCUT2D eigenvalue weighted by Crippen LogP contribution is -2.41. The summed E-state index contributed by atoms with van der Waals surface area (Å²) in [7, 11) is 1.47. The fourth-order valence-corrected chi connectivity index (χ4v) is 3.45. The van der Waals surface area contributed by atoms with E-state index in [1.807, 2.05) is 30.3 Å². The van der Waals surface area contributed by atoms with E-state index < -0.39 is 5.91 Å². The van der Waals surface area contributed by atoms with Gasteiger partial charge in [-0.05, 0) is 29.5 Å². The first kappa shape index (κ1) is 18.8. The van der Waals surface area contributed by atoms with Crippen LogP contribution >= 0.6 is 0 Å². The first-order valence-corrected chi connectivity index (χ1v) is 8.87. The van der Waals surface area contributed by atoms with Gasteiger partial charge < -0.3 is 19.9 Å². The van der Waals surface area contributed by atoms with Crippen LogP contribution in [-0.2, 0) is 35.5 Å². The molecule has 0 bridgehead atoms. The Labute approximate surface area is 157 Å². The van der Waals surface area contributed by atoms with Crippen molar-refractivity contribution < 1.29 is 14.3 Å². The van der Waals surface area contributed by atoms with E-state index in [1.54, 1.807) is 11.1 Å². The molecule has 1 aliphatic heterocycles. The number of carbonyl (C=O) groups excluding carboxylic acids is 2. The average Bonchev–Trinajstić information content (AvgIpc) is 2.66. The van der Waals surface area contributed by atoms with Gasteiger partial charge in [-0.1, -0.05) is 30.3 Å². The van der Waals surface area contributed by atoms with Gasteiger partial charge in [-0.25, -0.2) is 0 Å². The summed E-state index contributed by atoms with van der Waals surface area (Å²) in [5.74, 6) is -0.840. The highest BCUT2D eigenvalue weighted by molar-refractivity contribution is 5.94. The summed E-state index contributed by atoms with van der Waals surface area (Å²) in [5.41, 5.74) is 7.72. The molecule has 142 valence electrons. The van der Waals surface area contributed by atoms with Gasteiger partial charge in [0, 0.05) is 32.9 Å². The SMILES string of the molecule is COCC(=O)N1CCc2c(cn(CCc3ccccc3)c(=O)c2C(N)=O)C1. The summed E-state index contributed by atoms with van der Waals surface area (Å²) >= 11 is 0. The zero-order valence-corrected chi connectivity index (χ0v) is 15.3. The smallest absolute Gasteiger partial charge is 0.263 e. The van der Waals surface area contributed by atoms with Crippen LogP contribution in [0.3, 0.4) is 0 Å². The second-order valence-corrected chi connectivity index (χ2v) is 6.60. The number of carbonyl (C=O) groups is 2.